The highest BCUT2D eigenvalue weighted by atomic mass is 16.1. The Morgan fingerprint density at radius 2 is 1.97 bits per heavy atom. The van der Waals surface area contributed by atoms with Crippen LogP contribution in [-0.4, -0.2) is 39.9 Å². The number of aryl methyl sites for hydroxylation is 1. The topological polar surface area (TPSA) is 38.1 Å². The van der Waals surface area contributed by atoms with Gasteiger partial charge in [-0.15, -0.1) is 0 Å². The molecule has 3 fully saturated rings. The van der Waals surface area contributed by atoms with Crippen molar-refractivity contribution in [1.29, 1.82) is 0 Å². The van der Waals surface area contributed by atoms with Gasteiger partial charge in [0.25, 0.3) is 0 Å². The third-order valence-corrected chi connectivity index (χ3v) is 8.43. The third-order valence-electron chi connectivity index (χ3n) is 8.43. The number of fused-ring (bicyclic) bond motifs is 7. The van der Waals surface area contributed by atoms with Crippen molar-refractivity contribution in [3.63, 3.8) is 0 Å². The summed E-state index contributed by atoms with van der Waals surface area (Å²) >= 11 is 0. The summed E-state index contributed by atoms with van der Waals surface area (Å²) < 4.78 is 2.41. The summed E-state index contributed by atoms with van der Waals surface area (Å²) in [6.45, 7) is 3.60. The fourth-order valence-electron chi connectivity index (χ4n) is 7.01. The summed E-state index contributed by atoms with van der Waals surface area (Å²) in [5, 5.41) is 1.26. The van der Waals surface area contributed by atoms with E-state index in [0.29, 0.717) is 11.7 Å². The SMILES string of the molecule is O=C1C2=C(CCC1C1CN3CCC1CC3)n1c3c(c4cnccc41)CCC=C3C=C2. The lowest BCUT2D eigenvalue weighted by Crippen LogP contribution is -2.51. The zero-order valence-electron chi connectivity index (χ0n) is 17.3. The Hall–Kier alpha value is -2.46. The average Bonchev–Trinajstić information content (AvgIpc) is 3.03. The van der Waals surface area contributed by atoms with E-state index in [4.69, 9.17) is 0 Å². The molecular formula is C26H27N3O. The normalized spacial score (nSPS) is 32.1. The van der Waals surface area contributed by atoms with E-state index in [1.807, 2.05) is 12.4 Å². The van der Waals surface area contributed by atoms with Gasteiger partial charge in [-0.2, -0.15) is 0 Å². The van der Waals surface area contributed by atoms with Gasteiger partial charge in [-0.25, -0.2) is 0 Å². The lowest BCUT2D eigenvalue weighted by atomic mass is 9.67. The molecule has 4 heteroatoms. The summed E-state index contributed by atoms with van der Waals surface area (Å²) in [6, 6.07) is 2.13. The van der Waals surface area contributed by atoms with Gasteiger partial charge in [0.1, 0.15) is 0 Å². The monoisotopic (exact) mass is 397 g/mol. The molecule has 2 unspecified atom stereocenters. The molecule has 0 amide bonds. The molecule has 2 aliphatic carbocycles. The van der Waals surface area contributed by atoms with E-state index in [0.717, 1.165) is 43.7 Å². The minimum atomic E-state index is 0.198. The number of carbonyl (C=O) groups is 1. The van der Waals surface area contributed by atoms with Crippen LogP contribution in [0.25, 0.3) is 22.2 Å². The average molecular weight is 398 g/mol. The van der Waals surface area contributed by atoms with E-state index in [2.05, 4.69) is 38.7 Å². The Balaban J connectivity index is 1.38. The lowest BCUT2D eigenvalue weighted by molar-refractivity contribution is -0.124. The number of hydrogen-bond acceptors (Lipinski definition) is 3. The molecule has 3 saturated heterocycles. The molecule has 0 radical (unpaired) electrons. The number of ketones is 1. The second kappa shape index (κ2) is 6.27. The number of nitrogens with zero attached hydrogens (tertiary/aromatic N) is 3. The van der Waals surface area contributed by atoms with Gasteiger partial charge >= 0.3 is 0 Å². The Morgan fingerprint density at radius 1 is 1.07 bits per heavy atom. The van der Waals surface area contributed by atoms with Gasteiger partial charge in [0.15, 0.2) is 5.78 Å². The molecule has 6 heterocycles. The van der Waals surface area contributed by atoms with Gasteiger partial charge in [-0.3, -0.25) is 9.78 Å². The van der Waals surface area contributed by atoms with Crippen LogP contribution in [0.2, 0.25) is 0 Å². The predicted octanol–water partition coefficient (Wildman–Crippen LogP) is 4.47. The number of aromatic nitrogens is 2. The number of hydrogen-bond donors (Lipinski definition) is 0. The summed E-state index contributed by atoms with van der Waals surface area (Å²) in [5.41, 5.74) is 7.38. The van der Waals surface area contributed by atoms with E-state index >= 15 is 0 Å². The van der Waals surface area contributed by atoms with Crippen molar-refractivity contribution >= 4 is 28.0 Å². The number of allylic oxidation sites excluding steroid dienone is 6. The van der Waals surface area contributed by atoms with Crippen molar-refractivity contribution < 1.29 is 4.79 Å². The molecule has 8 rings (SSSR count). The first kappa shape index (κ1) is 17.2. The zero-order chi connectivity index (χ0) is 19.8. The highest BCUT2D eigenvalue weighted by molar-refractivity contribution is 6.09. The van der Waals surface area contributed by atoms with Crippen molar-refractivity contribution in [2.75, 3.05) is 19.6 Å². The lowest BCUT2D eigenvalue weighted by Gasteiger charge is -2.48. The number of rotatable bonds is 1. The van der Waals surface area contributed by atoms with Crippen LogP contribution < -0.4 is 0 Å². The minimum Gasteiger partial charge on any atom is -0.312 e. The van der Waals surface area contributed by atoms with Gasteiger partial charge in [0.2, 0.25) is 0 Å². The third kappa shape index (κ3) is 2.26. The number of Topliss-reactive ketones (excluding diaryl/α,β-unsaturated/α-hetero) is 1. The molecular weight excluding hydrogens is 370 g/mol. The molecule has 0 saturated carbocycles. The van der Waals surface area contributed by atoms with Crippen LogP contribution in [0.1, 0.15) is 43.4 Å². The Bertz CT molecular complexity index is 1170. The first-order valence-electron chi connectivity index (χ1n) is 11.7. The summed E-state index contributed by atoms with van der Waals surface area (Å²) in [6.07, 6.45) is 17.3. The molecule has 2 bridgehead atoms. The summed E-state index contributed by atoms with van der Waals surface area (Å²) in [7, 11) is 0. The number of carbonyl (C=O) groups excluding carboxylic acids is 1. The van der Waals surface area contributed by atoms with Crippen LogP contribution >= 0.6 is 0 Å². The second-order valence-electron chi connectivity index (χ2n) is 9.76. The van der Waals surface area contributed by atoms with E-state index < -0.39 is 0 Å². The molecule has 2 aromatic heterocycles. The summed E-state index contributed by atoms with van der Waals surface area (Å²) in [4.78, 5) is 20.9. The molecule has 4 nitrogen and oxygen atoms in total. The second-order valence-corrected chi connectivity index (χ2v) is 9.76. The highest BCUT2D eigenvalue weighted by Gasteiger charge is 2.44. The molecule has 0 aromatic carbocycles. The van der Waals surface area contributed by atoms with Crippen LogP contribution in [0.3, 0.4) is 0 Å². The highest BCUT2D eigenvalue weighted by Crippen LogP contribution is 2.47. The molecule has 2 aromatic rings. The molecule has 152 valence electrons. The van der Waals surface area contributed by atoms with Gasteiger partial charge in [-0.1, -0.05) is 12.2 Å². The van der Waals surface area contributed by atoms with Crippen LogP contribution in [0, 0.1) is 17.8 Å². The molecule has 0 N–H and O–H groups in total. The Labute approximate surface area is 177 Å². The maximum atomic E-state index is 13.9. The van der Waals surface area contributed by atoms with Crippen molar-refractivity contribution in [3.8, 4) is 0 Å². The minimum absolute atomic E-state index is 0.198. The first-order chi connectivity index (χ1) is 14.8. The Kier molecular flexibility index (Phi) is 3.60. The van der Waals surface area contributed by atoms with Crippen LogP contribution in [0.4, 0.5) is 0 Å². The first-order valence-corrected chi connectivity index (χ1v) is 11.7. The van der Waals surface area contributed by atoms with E-state index in [1.165, 1.54) is 59.4 Å². The van der Waals surface area contributed by atoms with Crippen molar-refractivity contribution in [2.24, 2.45) is 17.8 Å². The van der Waals surface area contributed by atoms with E-state index in [-0.39, 0.29) is 5.92 Å². The van der Waals surface area contributed by atoms with E-state index in [1.54, 1.807) is 0 Å². The van der Waals surface area contributed by atoms with Gasteiger partial charge in [0, 0.05) is 41.5 Å². The molecule has 0 spiro atoms. The van der Waals surface area contributed by atoms with Gasteiger partial charge in [0.05, 0.1) is 11.2 Å². The maximum Gasteiger partial charge on any atom is 0.168 e. The molecule has 2 atom stereocenters. The molecule has 6 aliphatic rings. The fourth-order valence-corrected chi connectivity index (χ4v) is 7.01. The molecule has 30 heavy (non-hydrogen) atoms. The van der Waals surface area contributed by atoms with E-state index in [9.17, 15) is 4.79 Å². The van der Waals surface area contributed by atoms with Gasteiger partial charge < -0.3 is 9.47 Å². The quantitative estimate of drug-likeness (QED) is 0.713. The van der Waals surface area contributed by atoms with Crippen molar-refractivity contribution in [1.82, 2.24) is 14.5 Å². The number of piperidine rings is 3. The standard InChI is InChI=1S/C26H27N3O/c30-26-19(22-15-28-12-9-16(22)10-13-28)6-7-23-20(26)5-4-17-2-1-3-18-21-14-27-11-8-24(21)29(23)25(17)18/h2,4-5,8,11,14,16,19,22H,1,3,6-7,9-10,12-13,15H2. The zero-order valence-corrected chi connectivity index (χ0v) is 17.3. The van der Waals surface area contributed by atoms with Gasteiger partial charge in [-0.05, 0) is 86.7 Å². The van der Waals surface area contributed by atoms with Crippen LogP contribution in [0.15, 0.2) is 42.3 Å². The summed E-state index contributed by atoms with van der Waals surface area (Å²) in [5.74, 6) is 1.90. The molecule has 4 aliphatic heterocycles. The number of pyridine rings is 1. The van der Waals surface area contributed by atoms with Crippen molar-refractivity contribution in [3.05, 3.63) is 53.5 Å². The largest absolute Gasteiger partial charge is 0.312 e. The smallest absolute Gasteiger partial charge is 0.168 e. The fraction of sp³-hybridized carbons (Fsp3) is 0.462. The predicted molar refractivity (Wildman–Crippen MR) is 119 cm³/mol. The van der Waals surface area contributed by atoms with Crippen LogP contribution in [0.5, 0.6) is 0 Å². The Morgan fingerprint density at radius 3 is 2.80 bits per heavy atom. The van der Waals surface area contributed by atoms with Crippen LogP contribution in [-0.2, 0) is 11.2 Å². The maximum absolute atomic E-state index is 13.9. The van der Waals surface area contributed by atoms with Crippen molar-refractivity contribution in [2.45, 2.75) is 38.5 Å².